The van der Waals surface area contributed by atoms with Crippen LogP contribution in [0.1, 0.15) is 33.3 Å². The summed E-state index contributed by atoms with van der Waals surface area (Å²) in [7, 11) is 0. The number of hydrogen-bond donors (Lipinski definition) is 0. The van der Waals surface area contributed by atoms with Crippen molar-refractivity contribution in [1.82, 2.24) is 0 Å². The van der Waals surface area contributed by atoms with Gasteiger partial charge in [0.05, 0.1) is 40.6 Å². The van der Waals surface area contributed by atoms with E-state index in [4.69, 9.17) is 9.47 Å². The SMILES string of the molecule is C[C@@H]1CN(c2cc(N3C[C@H](C)O[C@@H](C)C3)c([N+](=O)[O-])cc2C#N)C[C@H](C)O1. The molecule has 2 heterocycles. The van der Waals surface area contributed by atoms with E-state index in [1.165, 1.54) is 6.07 Å². The van der Waals surface area contributed by atoms with Crippen molar-refractivity contribution >= 4 is 17.1 Å². The zero-order valence-corrected chi connectivity index (χ0v) is 16.2. The molecule has 0 aliphatic carbocycles. The highest BCUT2D eigenvalue weighted by atomic mass is 16.6. The fourth-order valence-corrected chi connectivity index (χ4v) is 4.07. The lowest BCUT2D eigenvalue weighted by atomic mass is 10.1. The lowest BCUT2D eigenvalue weighted by Crippen LogP contribution is -2.47. The summed E-state index contributed by atoms with van der Waals surface area (Å²) in [6, 6.07) is 5.34. The summed E-state index contributed by atoms with van der Waals surface area (Å²) in [6.45, 7) is 10.4. The van der Waals surface area contributed by atoms with Crippen LogP contribution in [-0.4, -0.2) is 55.5 Å². The van der Waals surface area contributed by atoms with E-state index in [9.17, 15) is 15.4 Å². The van der Waals surface area contributed by atoms with Crippen molar-refractivity contribution in [2.24, 2.45) is 0 Å². The number of morpholine rings is 2. The van der Waals surface area contributed by atoms with Crippen LogP contribution in [0.25, 0.3) is 0 Å². The lowest BCUT2D eigenvalue weighted by molar-refractivity contribution is -0.384. The van der Waals surface area contributed by atoms with Crippen molar-refractivity contribution in [2.75, 3.05) is 36.0 Å². The van der Waals surface area contributed by atoms with Gasteiger partial charge in [-0.3, -0.25) is 10.1 Å². The van der Waals surface area contributed by atoms with E-state index in [2.05, 4.69) is 11.0 Å². The fourth-order valence-electron chi connectivity index (χ4n) is 4.07. The maximum atomic E-state index is 11.7. The monoisotopic (exact) mass is 374 g/mol. The predicted molar refractivity (Wildman–Crippen MR) is 102 cm³/mol. The molecule has 1 aromatic rings. The minimum atomic E-state index is -0.407. The van der Waals surface area contributed by atoms with Gasteiger partial charge in [0, 0.05) is 32.2 Å². The first-order chi connectivity index (χ1) is 12.8. The van der Waals surface area contributed by atoms with Crippen LogP contribution in [-0.2, 0) is 9.47 Å². The molecule has 0 saturated carbocycles. The van der Waals surface area contributed by atoms with E-state index in [0.29, 0.717) is 37.4 Å². The summed E-state index contributed by atoms with van der Waals surface area (Å²) in [4.78, 5) is 15.4. The van der Waals surface area contributed by atoms with Gasteiger partial charge in [-0.25, -0.2) is 0 Å². The van der Waals surface area contributed by atoms with E-state index in [-0.39, 0.29) is 30.1 Å². The number of anilines is 2. The average molecular weight is 374 g/mol. The van der Waals surface area contributed by atoms with E-state index >= 15 is 0 Å². The third-order valence-electron chi connectivity index (χ3n) is 4.93. The quantitative estimate of drug-likeness (QED) is 0.593. The highest BCUT2D eigenvalue weighted by Crippen LogP contribution is 2.37. The van der Waals surface area contributed by atoms with Gasteiger partial charge >= 0.3 is 0 Å². The number of rotatable bonds is 3. The standard InChI is InChI=1S/C19H26N4O4/c1-12-8-21(9-13(2)26-12)17-6-18(19(23(24)25)5-16(17)7-20)22-10-14(3)27-15(4)11-22/h5-6,12-15H,8-11H2,1-4H3/t12-,13+,14-,15-/m0/s1. The Kier molecular flexibility index (Phi) is 5.53. The number of hydrogen-bond acceptors (Lipinski definition) is 7. The molecule has 3 rings (SSSR count). The Hall–Kier alpha value is -2.37. The Balaban J connectivity index is 2.06. The van der Waals surface area contributed by atoms with Crippen molar-refractivity contribution in [3.8, 4) is 6.07 Å². The lowest BCUT2D eigenvalue weighted by Gasteiger charge is -2.39. The highest BCUT2D eigenvalue weighted by molar-refractivity contribution is 5.76. The third kappa shape index (κ3) is 4.15. The van der Waals surface area contributed by atoms with Crippen LogP contribution < -0.4 is 9.80 Å². The molecule has 4 atom stereocenters. The molecule has 8 heteroatoms. The number of ether oxygens (including phenoxy) is 2. The van der Waals surface area contributed by atoms with Crippen LogP contribution in [0.5, 0.6) is 0 Å². The second-order valence-electron chi connectivity index (χ2n) is 7.55. The first kappa shape index (κ1) is 19.4. The van der Waals surface area contributed by atoms with E-state index in [1.807, 2.05) is 32.6 Å². The fraction of sp³-hybridized carbons (Fsp3) is 0.632. The van der Waals surface area contributed by atoms with Crippen molar-refractivity contribution in [3.05, 3.63) is 27.8 Å². The normalized spacial score (nSPS) is 28.7. The molecule has 27 heavy (non-hydrogen) atoms. The average Bonchev–Trinajstić information content (AvgIpc) is 2.58. The van der Waals surface area contributed by atoms with Crippen LogP contribution >= 0.6 is 0 Å². The van der Waals surface area contributed by atoms with Crippen molar-refractivity contribution in [2.45, 2.75) is 52.1 Å². The molecule has 0 radical (unpaired) electrons. The minimum Gasteiger partial charge on any atom is -0.372 e. The molecule has 2 fully saturated rings. The van der Waals surface area contributed by atoms with Crippen LogP contribution in [0.2, 0.25) is 0 Å². The van der Waals surface area contributed by atoms with Gasteiger partial charge in [-0.1, -0.05) is 0 Å². The number of nitrogens with zero attached hydrogens (tertiary/aromatic N) is 4. The Morgan fingerprint density at radius 1 is 0.963 bits per heavy atom. The maximum Gasteiger partial charge on any atom is 0.294 e. The highest BCUT2D eigenvalue weighted by Gasteiger charge is 2.31. The van der Waals surface area contributed by atoms with Crippen LogP contribution in [0, 0.1) is 21.4 Å². The van der Waals surface area contributed by atoms with Gasteiger partial charge in [0.2, 0.25) is 0 Å². The largest absolute Gasteiger partial charge is 0.372 e. The molecule has 146 valence electrons. The van der Waals surface area contributed by atoms with Gasteiger partial charge in [-0.05, 0) is 33.8 Å². The summed E-state index contributed by atoms with van der Waals surface area (Å²) in [6.07, 6.45) is 0.0245. The number of nitro benzene ring substituents is 1. The van der Waals surface area contributed by atoms with Gasteiger partial charge in [0.25, 0.3) is 5.69 Å². The number of benzene rings is 1. The summed E-state index contributed by atoms with van der Waals surface area (Å²) in [5, 5.41) is 21.3. The van der Waals surface area contributed by atoms with Crippen LogP contribution in [0.3, 0.4) is 0 Å². The van der Waals surface area contributed by atoms with Gasteiger partial charge in [0.15, 0.2) is 0 Å². The summed E-state index contributed by atoms with van der Waals surface area (Å²) in [5.41, 5.74) is 1.56. The summed E-state index contributed by atoms with van der Waals surface area (Å²) in [5.74, 6) is 0. The molecular formula is C19H26N4O4. The zero-order valence-electron chi connectivity index (χ0n) is 16.2. The van der Waals surface area contributed by atoms with Gasteiger partial charge in [-0.2, -0.15) is 5.26 Å². The summed E-state index contributed by atoms with van der Waals surface area (Å²) < 4.78 is 11.6. The Morgan fingerprint density at radius 2 is 1.41 bits per heavy atom. The maximum absolute atomic E-state index is 11.7. The van der Waals surface area contributed by atoms with Crippen molar-refractivity contribution < 1.29 is 14.4 Å². The molecule has 8 nitrogen and oxygen atoms in total. The molecule has 0 unspecified atom stereocenters. The Bertz CT molecular complexity index is 743. The molecular weight excluding hydrogens is 348 g/mol. The van der Waals surface area contributed by atoms with Gasteiger partial charge in [-0.15, -0.1) is 0 Å². The molecule has 0 bridgehead atoms. The third-order valence-corrected chi connectivity index (χ3v) is 4.93. The van der Waals surface area contributed by atoms with Crippen molar-refractivity contribution in [1.29, 1.82) is 5.26 Å². The first-order valence-corrected chi connectivity index (χ1v) is 9.31. The topological polar surface area (TPSA) is 91.9 Å². The van der Waals surface area contributed by atoms with Crippen LogP contribution in [0.15, 0.2) is 12.1 Å². The van der Waals surface area contributed by atoms with E-state index in [1.54, 1.807) is 6.07 Å². The van der Waals surface area contributed by atoms with E-state index < -0.39 is 4.92 Å². The smallest absolute Gasteiger partial charge is 0.294 e. The molecule has 0 aromatic heterocycles. The molecule has 1 aromatic carbocycles. The second-order valence-corrected chi connectivity index (χ2v) is 7.55. The predicted octanol–water partition coefficient (Wildman–Crippen LogP) is 2.69. The second kappa shape index (κ2) is 7.71. The zero-order chi connectivity index (χ0) is 19.7. The molecule has 2 aliphatic heterocycles. The van der Waals surface area contributed by atoms with Gasteiger partial charge in [0.1, 0.15) is 11.8 Å². The molecule has 2 saturated heterocycles. The first-order valence-electron chi connectivity index (χ1n) is 9.31. The minimum absolute atomic E-state index is 0.0177. The number of nitro groups is 1. The Morgan fingerprint density at radius 3 is 1.81 bits per heavy atom. The van der Waals surface area contributed by atoms with Crippen LogP contribution in [0.4, 0.5) is 17.1 Å². The van der Waals surface area contributed by atoms with Gasteiger partial charge < -0.3 is 19.3 Å². The number of nitriles is 1. The molecule has 0 spiro atoms. The molecule has 0 N–H and O–H groups in total. The Labute approximate surface area is 159 Å². The molecule has 0 amide bonds. The summed E-state index contributed by atoms with van der Waals surface area (Å²) >= 11 is 0. The van der Waals surface area contributed by atoms with Crippen molar-refractivity contribution in [3.63, 3.8) is 0 Å². The molecule has 2 aliphatic rings. The van der Waals surface area contributed by atoms with E-state index in [0.717, 1.165) is 5.69 Å².